The monoisotopic (exact) mass is 762 g/mol. The van der Waals surface area contributed by atoms with E-state index < -0.39 is 8.07 Å². The Hall–Kier alpha value is -3.44. The zero-order valence-electron chi connectivity index (χ0n) is 26.3. The fourth-order valence-corrected chi connectivity index (χ4v) is 6.82. The topological polar surface area (TPSA) is 51.8 Å². The first-order valence-electron chi connectivity index (χ1n) is 14.5. The van der Waals surface area contributed by atoms with Crippen LogP contribution >= 0.6 is 0 Å². The molecule has 2 aromatic carbocycles. The van der Waals surface area contributed by atoms with Crippen LogP contribution in [0.3, 0.4) is 0 Å². The fraction of sp³-hybridized carbons (Fsp3) is 0.270. The van der Waals surface area contributed by atoms with Crippen LogP contribution in [0.2, 0.25) is 19.6 Å². The number of aromatic nitrogens is 3. The van der Waals surface area contributed by atoms with E-state index in [1.54, 1.807) is 6.20 Å². The number of hydrogen-bond donors (Lipinski definition) is 0. The van der Waals surface area contributed by atoms with Gasteiger partial charge >= 0.3 is 0 Å². The zero-order valence-corrected chi connectivity index (χ0v) is 29.7. The second-order valence-electron chi connectivity index (χ2n) is 13.2. The number of hydrogen-bond acceptors (Lipinski definition) is 4. The molecule has 0 aliphatic heterocycles. The summed E-state index contributed by atoms with van der Waals surface area (Å²) in [5, 5.41) is 3.61. The van der Waals surface area contributed by atoms with Gasteiger partial charge in [0.1, 0.15) is 5.58 Å². The average molecular weight is 762 g/mol. The van der Waals surface area contributed by atoms with Gasteiger partial charge in [0.25, 0.3) is 0 Å². The van der Waals surface area contributed by atoms with Gasteiger partial charge in [-0.2, -0.15) is 0 Å². The Labute approximate surface area is 270 Å². The fourth-order valence-electron chi connectivity index (χ4n) is 5.32. The van der Waals surface area contributed by atoms with Gasteiger partial charge in [0.15, 0.2) is 0 Å². The molecule has 0 bridgehead atoms. The molecule has 6 aromatic rings. The molecule has 4 aromatic heterocycles. The first kappa shape index (κ1) is 32.5. The molecule has 6 rings (SSSR count). The summed E-state index contributed by atoms with van der Waals surface area (Å²) < 4.78 is 6.33. The smallest absolute Gasteiger partial charge is 0.124 e. The van der Waals surface area contributed by atoms with Crippen LogP contribution in [0.1, 0.15) is 37.5 Å². The van der Waals surface area contributed by atoms with Gasteiger partial charge in [-0.25, -0.2) is 0 Å². The first-order valence-corrected chi connectivity index (χ1v) is 18.0. The van der Waals surface area contributed by atoms with Gasteiger partial charge in [-0.3, -0.25) is 4.98 Å². The number of nitrogens with zero attached hydrogens (tertiary/aromatic N) is 3. The van der Waals surface area contributed by atoms with Crippen LogP contribution in [0.15, 0.2) is 83.8 Å². The van der Waals surface area contributed by atoms with Crippen LogP contribution < -0.4 is 5.19 Å². The Balaban J connectivity index is 0.000000238. The molecule has 0 N–H and O–H groups in total. The molecule has 0 unspecified atom stereocenters. The quantitative estimate of drug-likeness (QED) is 0.133. The Morgan fingerprint density at radius 1 is 0.907 bits per heavy atom. The SMILES string of the molecule is CC(C)(C)Cc1ccnc(-c2[c-]cc([Si](C)(C)C)c3c2oc2ccncc23)c1.Cc1cnc(-c2[c-]cccc2)c(C)c1.[Ir]. The second-order valence-corrected chi connectivity index (χ2v) is 18.3. The van der Waals surface area contributed by atoms with Crippen LogP contribution in [0.5, 0.6) is 0 Å². The zero-order chi connectivity index (χ0) is 30.1. The Kier molecular flexibility index (Phi) is 9.85. The van der Waals surface area contributed by atoms with Crippen LogP contribution in [-0.2, 0) is 26.5 Å². The molecule has 6 heteroatoms. The molecule has 0 aliphatic rings. The maximum atomic E-state index is 6.33. The minimum absolute atomic E-state index is 0. The van der Waals surface area contributed by atoms with E-state index in [-0.39, 0.29) is 25.5 Å². The summed E-state index contributed by atoms with van der Waals surface area (Å²) in [4.78, 5) is 13.4. The number of benzene rings is 2. The Morgan fingerprint density at radius 2 is 1.70 bits per heavy atom. The molecule has 223 valence electrons. The number of rotatable bonds is 4. The molecule has 0 atom stereocenters. The molecule has 0 saturated heterocycles. The molecule has 1 radical (unpaired) electrons. The van der Waals surface area contributed by atoms with Gasteiger partial charge in [0.05, 0.1) is 5.58 Å². The minimum atomic E-state index is -1.58. The van der Waals surface area contributed by atoms with Crippen molar-refractivity contribution >= 4 is 35.2 Å². The third-order valence-electron chi connectivity index (χ3n) is 7.15. The summed E-state index contributed by atoms with van der Waals surface area (Å²) in [6.45, 7) is 18.0. The molecule has 0 amide bonds. The molecule has 0 saturated carbocycles. The van der Waals surface area contributed by atoms with Crippen molar-refractivity contribution in [3.05, 3.63) is 108 Å². The van der Waals surface area contributed by atoms with Crippen molar-refractivity contribution in [3.63, 3.8) is 0 Å². The summed E-state index contributed by atoms with van der Waals surface area (Å²) >= 11 is 0. The molecule has 4 nitrogen and oxygen atoms in total. The molecule has 43 heavy (non-hydrogen) atoms. The van der Waals surface area contributed by atoms with E-state index in [0.717, 1.165) is 45.5 Å². The summed E-state index contributed by atoms with van der Waals surface area (Å²) in [5.41, 5.74) is 9.59. The molecule has 0 aliphatic carbocycles. The second kappa shape index (κ2) is 13.0. The average Bonchev–Trinajstić information content (AvgIpc) is 3.32. The Bertz CT molecular complexity index is 1850. The van der Waals surface area contributed by atoms with E-state index >= 15 is 0 Å². The molecule has 4 heterocycles. The summed E-state index contributed by atoms with van der Waals surface area (Å²) in [5.74, 6) is 0. The van der Waals surface area contributed by atoms with E-state index in [9.17, 15) is 0 Å². The van der Waals surface area contributed by atoms with Crippen molar-refractivity contribution in [2.75, 3.05) is 0 Å². The number of furan rings is 1. The van der Waals surface area contributed by atoms with Crippen molar-refractivity contribution < 1.29 is 24.5 Å². The van der Waals surface area contributed by atoms with Crippen LogP contribution in [0.4, 0.5) is 0 Å². The first-order chi connectivity index (χ1) is 19.9. The summed E-state index contributed by atoms with van der Waals surface area (Å²) in [7, 11) is -1.58. The van der Waals surface area contributed by atoms with Crippen molar-refractivity contribution in [2.45, 2.75) is 60.7 Å². The third kappa shape index (κ3) is 7.56. The minimum Gasteiger partial charge on any atom is -0.500 e. The third-order valence-corrected chi connectivity index (χ3v) is 9.16. The van der Waals surface area contributed by atoms with Crippen molar-refractivity contribution in [3.8, 4) is 22.5 Å². The van der Waals surface area contributed by atoms with Gasteiger partial charge < -0.3 is 14.4 Å². The summed E-state index contributed by atoms with van der Waals surface area (Å²) in [6, 6.07) is 25.1. The van der Waals surface area contributed by atoms with Crippen LogP contribution in [0.25, 0.3) is 44.5 Å². The van der Waals surface area contributed by atoms with Gasteiger partial charge in [-0.15, -0.1) is 53.2 Å². The molecular weight excluding hydrogens is 723 g/mol. The number of aryl methyl sites for hydroxylation is 2. The van der Waals surface area contributed by atoms with E-state index in [2.05, 4.69) is 106 Å². The normalized spacial score (nSPS) is 11.6. The number of fused-ring (bicyclic) bond motifs is 3. The maximum absolute atomic E-state index is 6.33. The van der Waals surface area contributed by atoms with E-state index in [1.165, 1.54) is 27.3 Å². The van der Waals surface area contributed by atoms with Crippen LogP contribution in [-0.4, -0.2) is 23.0 Å². The Morgan fingerprint density at radius 3 is 2.37 bits per heavy atom. The van der Waals surface area contributed by atoms with Crippen molar-refractivity contribution in [1.82, 2.24) is 15.0 Å². The predicted octanol–water partition coefficient (Wildman–Crippen LogP) is 9.14. The molecule has 0 spiro atoms. The van der Waals surface area contributed by atoms with Gasteiger partial charge in [0.2, 0.25) is 0 Å². The maximum Gasteiger partial charge on any atom is 0.124 e. The standard InChI is InChI=1S/C24H27N2OSi.C13H12N.Ir/c1-24(2,3)14-16-9-12-26-19(13-16)17-7-8-21(28(4,5)6)22-18-15-25-11-10-20(18)27-23(17)22;1-10-8-11(2)13(14-9-10)12-6-4-3-5-7-12;/h8-13,15H,14H2,1-6H3;3-6,8-9H,1-2H3;/q2*-1;. The van der Waals surface area contributed by atoms with Crippen molar-refractivity contribution in [2.24, 2.45) is 5.41 Å². The summed E-state index contributed by atoms with van der Waals surface area (Å²) in [6.07, 6.45) is 8.49. The molecule has 0 fully saturated rings. The predicted molar refractivity (Wildman–Crippen MR) is 178 cm³/mol. The van der Waals surface area contributed by atoms with E-state index in [1.807, 2.05) is 48.9 Å². The van der Waals surface area contributed by atoms with Gasteiger partial charge in [-0.05, 0) is 54.8 Å². The molecular formula is C37H39IrN3OSi-2. The van der Waals surface area contributed by atoms with E-state index in [0.29, 0.717) is 0 Å². The number of pyridine rings is 3. The van der Waals surface area contributed by atoms with E-state index in [4.69, 9.17) is 4.42 Å². The van der Waals surface area contributed by atoms with Crippen LogP contribution in [0, 0.1) is 31.4 Å². The van der Waals surface area contributed by atoms with Gasteiger partial charge in [0, 0.05) is 58.4 Å². The van der Waals surface area contributed by atoms with Gasteiger partial charge in [-0.1, -0.05) is 74.6 Å². The van der Waals surface area contributed by atoms with Crippen molar-refractivity contribution in [1.29, 1.82) is 0 Å². The largest absolute Gasteiger partial charge is 0.500 e.